The van der Waals surface area contributed by atoms with E-state index in [0.717, 1.165) is 0 Å². The Morgan fingerprint density at radius 1 is 1.23 bits per heavy atom. The van der Waals surface area contributed by atoms with Gasteiger partial charge in [-0.25, -0.2) is 9.78 Å². The maximum atomic E-state index is 12.0. The Morgan fingerprint density at radius 2 is 2.00 bits per heavy atom. The molecule has 0 aliphatic carbocycles. The summed E-state index contributed by atoms with van der Waals surface area (Å²) in [5.74, 6) is -1.000. The van der Waals surface area contributed by atoms with E-state index in [4.69, 9.17) is 27.9 Å². The summed E-state index contributed by atoms with van der Waals surface area (Å²) in [4.78, 5) is 28.1. The molecule has 2 aromatic rings. The van der Waals surface area contributed by atoms with Crippen LogP contribution in [0.15, 0.2) is 41.6 Å². The van der Waals surface area contributed by atoms with Gasteiger partial charge in [-0.05, 0) is 36.6 Å². The largest absolute Gasteiger partial charge is 0.454 e. The second kappa shape index (κ2) is 7.63. The van der Waals surface area contributed by atoms with Gasteiger partial charge >= 0.3 is 5.97 Å². The molecule has 0 saturated heterocycles. The average Bonchev–Trinajstić information content (AvgIpc) is 2.52. The van der Waals surface area contributed by atoms with Crippen LogP contribution in [0.2, 0.25) is 10.0 Å². The summed E-state index contributed by atoms with van der Waals surface area (Å²) < 4.78 is 5.04. The van der Waals surface area contributed by atoms with Crippen LogP contribution in [0.4, 0.5) is 0 Å². The van der Waals surface area contributed by atoms with Crippen molar-refractivity contribution in [1.29, 1.82) is 0 Å². The number of pyridine rings is 1. The Balaban J connectivity index is 2.06. The molecular weight excluding hydrogens is 345 g/mol. The van der Waals surface area contributed by atoms with Crippen molar-refractivity contribution in [2.24, 2.45) is 0 Å². The summed E-state index contributed by atoms with van der Waals surface area (Å²) in [5, 5.41) is 1.20. The Kier molecular flexibility index (Phi) is 5.83. The van der Waals surface area contributed by atoms with Crippen LogP contribution in [-0.2, 0) is 4.74 Å². The summed E-state index contributed by atoms with van der Waals surface area (Å²) in [7, 11) is 0. The normalized spacial score (nSPS) is 10.3. The summed E-state index contributed by atoms with van der Waals surface area (Å²) in [6.45, 7) is -0.400. The number of halogens is 2. The number of ketones is 1. The van der Waals surface area contributed by atoms with E-state index >= 15 is 0 Å². The molecule has 0 amide bonds. The molecule has 0 aliphatic rings. The van der Waals surface area contributed by atoms with E-state index in [9.17, 15) is 9.59 Å². The number of carbonyl (C=O) groups excluding carboxylic acids is 2. The molecule has 1 aromatic carbocycles. The maximum Gasteiger partial charge on any atom is 0.341 e. The third-order valence-corrected chi connectivity index (χ3v) is 4.01. The molecule has 0 aliphatic heterocycles. The molecule has 0 spiro atoms. The van der Waals surface area contributed by atoms with Crippen molar-refractivity contribution < 1.29 is 14.3 Å². The summed E-state index contributed by atoms with van der Waals surface area (Å²) >= 11 is 13.0. The van der Waals surface area contributed by atoms with Gasteiger partial charge in [0.2, 0.25) is 5.78 Å². The Hall–Kier alpha value is -1.56. The zero-order valence-corrected chi connectivity index (χ0v) is 13.8. The number of thioether (sulfide) groups is 1. The highest BCUT2D eigenvalue weighted by Gasteiger charge is 2.17. The number of Topliss-reactive ketones (excluding diaryl/α,β-unsaturated/α-hetero) is 1. The molecule has 1 aromatic heterocycles. The Morgan fingerprint density at radius 3 is 2.68 bits per heavy atom. The number of ether oxygens (including phenoxy) is 1. The molecule has 0 unspecified atom stereocenters. The van der Waals surface area contributed by atoms with Crippen molar-refractivity contribution in [3.8, 4) is 0 Å². The first-order valence-corrected chi connectivity index (χ1v) is 8.15. The van der Waals surface area contributed by atoms with Crippen LogP contribution >= 0.6 is 35.0 Å². The predicted molar refractivity (Wildman–Crippen MR) is 87.1 cm³/mol. The molecule has 114 valence electrons. The second-order valence-corrected chi connectivity index (χ2v) is 5.82. The number of carbonyl (C=O) groups is 2. The minimum Gasteiger partial charge on any atom is -0.454 e. The van der Waals surface area contributed by atoms with E-state index in [1.54, 1.807) is 30.7 Å². The third kappa shape index (κ3) is 4.00. The van der Waals surface area contributed by atoms with Crippen LogP contribution < -0.4 is 0 Å². The number of rotatable bonds is 5. The quantitative estimate of drug-likeness (QED) is 0.458. The fraction of sp³-hybridized carbons (Fsp3) is 0.133. The zero-order valence-electron chi connectivity index (χ0n) is 11.5. The van der Waals surface area contributed by atoms with Crippen LogP contribution in [0.3, 0.4) is 0 Å². The Bertz CT molecular complexity index is 722. The second-order valence-electron chi connectivity index (χ2n) is 4.18. The molecule has 7 heteroatoms. The lowest BCUT2D eigenvalue weighted by atomic mass is 10.1. The lowest BCUT2D eigenvalue weighted by Gasteiger charge is -2.07. The summed E-state index contributed by atoms with van der Waals surface area (Å²) in [6, 6.07) is 7.74. The van der Waals surface area contributed by atoms with Crippen molar-refractivity contribution in [3.63, 3.8) is 0 Å². The van der Waals surface area contributed by atoms with Gasteiger partial charge in [0.1, 0.15) is 5.03 Å². The molecule has 0 N–H and O–H groups in total. The van der Waals surface area contributed by atoms with Gasteiger partial charge in [0.25, 0.3) is 0 Å². The van der Waals surface area contributed by atoms with Crippen molar-refractivity contribution in [2.45, 2.75) is 5.03 Å². The molecule has 0 bridgehead atoms. The molecule has 4 nitrogen and oxygen atoms in total. The standard InChI is InChI=1S/C15H11Cl2NO3S/c1-22-14-11(3-2-6-18-14)15(20)21-8-13(19)10-5-4-9(16)7-12(10)17/h2-7H,8H2,1H3. The molecule has 0 atom stereocenters. The third-order valence-electron chi connectivity index (χ3n) is 2.75. The van der Waals surface area contributed by atoms with Crippen LogP contribution in [0.25, 0.3) is 0 Å². The number of nitrogens with zero attached hydrogens (tertiary/aromatic N) is 1. The zero-order chi connectivity index (χ0) is 16.1. The van der Waals surface area contributed by atoms with E-state index in [1.807, 2.05) is 0 Å². The van der Waals surface area contributed by atoms with Gasteiger partial charge in [-0.15, -0.1) is 11.8 Å². The van der Waals surface area contributed by atoms with Crippen LogP contribution in [0.1, 0.15) is 20.7 Å². The van der Waals surface area contributed by atoms with Gasteiger partial charge in [0, 0.05) is 16.8 Å². The van der Waals surface area contributed by atoms with E-state index in [-0.39, 0.29) is 10.6 Å². The van der Waals surface area contributed by atoms with Crippen LogP contribution in [-0.4, -0.2) is 29.6 Å². The Labute approximate surface area is 141 Å². The minimum absolute atomic E-state index is 0.222. The number of hydrogen-bond donors (Lipinski definition) is 0. The van der Waals surface area contributed by atoms with Crippen molar-refractivity contribution >= 4 is 46.7 Å². The first-order chi connectivity index (χ1) is 10.5. The van der Waals surface area contributed by atoms with E-state index in [2.05, 4.69) is 4.98 Å². The molecular formula is C15H11Cl2NO3S. The number of benzene rings is 1. The molecule has 0 radical (unpaired) electrons. The average molecular weight is 356 g/mol. The predicted octanol–water partition coefficient (Wildman–Crippen LogP) is 4.15. The highest BCUT2D eigenvalue weighted by atomic mass is 35.5. The van der Waals surface area contributed by atoms with Crippen LogP contribution in [0.5, 0.6) is 0 Å². The monoisotopic (exact) mass is 355 g/mol. The summed E-state index contributed by atoms with van der Waals surface area (Å²) in [6.07, 6.45) is 3.39. The van der Waals surface area contributed by atoms with Gasteiger partial charge < -0.3 is 4.74 Å². The smallest absolute Gasteiger partial charge is 0.341 e. The lowest BCUT2D eigenvalue weighted by molar-refractivity contribution is 0.0470. The van der Waals surface area contributed by atoms with E-state index < -0.39 is 18.4 Å². The van der Waals surface area contributed by atoms with Crippen LogP contribution in [0, 0.1) is 0 Å². The SMILES string of the molecule is CSc1ncccc1C(=O)OCC(=O)c1ccc(Cl)cc1Cl. The van der Waals surface area contributed by atoms with Gasteiger partial charge in [-0.3, -0.25) is 4.79 Å². The van der Waals surface area contributed by atoms with Crippen molar-refractivity contribution in [1.82, 2.24) is 4.98 Å². The number of esters is 1. The lowest BCUT2D eigenvalue weighted by Crippen LogP contribution is -2.15. The van der Waals surface area contributed by atoms with Gasteiger partial charge in [0.05, 0.1) is 10.6 Å². The minimum atomic E-state index is -0.601. The molecule has 0 fully saturated rings. The van der Waals surface area contributed by atoms with Gasteiger partial charge in [-0.1, -0.05) is 23.2 Å². The first-order valence-electron chi connectivity index (χ1n) is 6.17. The molecule has 1 heterocycles. The number of hydrogen-bond acceptors (Lipinski definition) is 5. The molecule has 22 heavy (non-hydrogen) atoms. The maximum absolute atomic E-state index is 12.0. The van der Waals surface area contributed by atoms with E-state index in [0.29, 0.717) is 15.6 Å². The highest BCUT2D eigenvalue weighted by Crippen LogP contribution is 2.22. The van der Waals surface area contributed by atoms with Gasteiger partial charge in [-0.2, -0.15) is 0 Å². The fourth-order valence-corrected chi connectivity index (χ4v) is 2.76. The molecule has 0 saturated carbocycles. The van der Waals surface area contributed by atoms with Crippen molar-refractivity contribution in [2.75, 3.05) is 12.9 Å². The highest BCUT2D eigenvalue weighted by molar-refractivity contribution is 7.98. The van der Waals surface area contributed by atoms with Crippen molar-refractivity contribution in [3.05, 3.63) is 57.7 Å². The summed E-state index contributed by atoms with van der Waals surface area (Å²) in [5.41, 5.74) is 0.583. The number of aromatic nitrogens is 1. The topological polar surface area (TPSA) is 56.3 Å². The first kappa shape index (κ1) is 16.8. The fourth-order valence-electron chi connectivity index (χ4n) is 1.71. The van der Waals surface area contributed by atoms with Gasteiger partial charge in [0.15, 0.2) is 6.61 Å². The van der Waals surface area contributed by atoms with E-state index in [1.165, 1.54) is 23.9 Å². The molecule has 2 rings (SSSR count).